The maximum absolute atomic E-state index is 13.3. The van der Waals surface area contributed by atoms with Gasteiger partial charge in [-0.25, -0.2) is 13.2 Å². The summed E-state index contributed by atoms with van der Waals surface area (Å²) in [5, 5.41) is 0.549. The molecule has 0 saturated heterocycles. The van der Waals surface area contributed by atoms with Crippen LogP contribution in [0.15, 0.2) is 76.8 Å². The van der Waals surface area contributed by atoms with Crippen LogP contribution in [0.1, 0.15) is 48.2 Å². The van der Waals surface area contributed by atoms with Gasteiger partial charge in [-0.2, -0.15) is 8.78 Å². The summed E-state index contributed by atoms with van der Waals surface area (Å²) in [6.07, 6.45) is 4.02. The van der Waals surface area contributed by atoms with Crippen LogP contribution in [-0.4, -0.2) is 58.9 Å². The third kappa shape index (κ3) is 11.1. The Morgan fingerprint density at radius 3 is 2.39 bits per heavy atom. The number of ether oxygens (including phenoxy) is 3. The number of benzene rings is 2. The lowest BCUT2D eigenvalue weighted by Crippen LogP contribution is -2.26. The van der Waals surface area contributed by atoms with E-state index in [1.807, 2.05) is 0 Å². The molecule has 0 aromatic heterocycles. The Morgan fingerprint density at radius 2 is 1.82 bits per heavy atom. The molecule has 2 aromatic carbocycles. The minimum atomic E-state index is -3.59. The SMILES string of the molecule is C=C/C(Cl)=C(C[C@H](OC(=O)c1ccc(NS(=O)(=O)CCN(C)C)cc1)c1ccc(OC(F)F)c(OCC2CC2)c1)\C(Cl)=C/C. The van der Waals surface area contributed by atoms with Crippen LogP contribution < -0.4 is 14.2 Å². The fourth-order valence-electron chi connectivity index (χ4n) is 3.95. The maximum Gasteiger partial charge on any atom is 0.387 e. The average molecular weight is 674 g/mol. The number of esters is 1. The topological polar surface area (TPSA) is 94.2 Å². The second kappa shape index (κ2) is 16.3. The van der Waals surface area contributed by atoms with Gasteiger partial charge in [0.2, 0.25) is 10.0 Å². The standard InChI is InChI=1S/C31H36Cl2F2N2O6S/c1-5-25(32)24(26(33)6-2)18-28(22-11-14-27(43-31(34)35)29(17-22)41-19-20-7-8-20)42-30(38)21-9-12-23(13-10-21)36-44(39,40)16-15-37(3)4/h5-6,9-14,17,20,28,31,36H,1,7-8,15-16,18-19H2,2-4H3/b25-24+,26-6+/t28-/m0/s1. The number of rotatable bonds is 17. The summed E-state index contributed by atoms with van der Waals surface area (Å²) in [5.41, 5.74) is 1.29. The zero-order valence-electron chi connectivity index (χ0n) is 24.7. The molecule has 0 spiro atoms. The Bertz CT molecular complexity index is 1480. The fraction of sp³-hybridized carbons (Fsp3) is 0.387. The van der Waals surface area contributed by atoms with Crippen molar-refractivity contribution in [1.82, 2.24) is 4.90 Å². The molecule has 3 rings (SSSR count). The number of allylic oxidation sites excluding steroid dienone is 4. The van der Waals surface area contributed by atoms with Crippen molar-refractivity contribution in [3.8, 4) is 11.5 Å². The molecule has 1 aliphatic rings. The second-order valence-corrected chi connectivity index (χ2v) is 13.1. The number of hydrogen-bond acceptors (Lipinski definition) is 7. The molecule has 240 valence electrons. The van der Waals surface area contributed by atoms with Crippen LogP contribution in [0.2, 0.25) is 0 Å². The summed E-state index contributed by atoms with van der Waals surface area (Å²) in [5.74, 6) is -0.558. The molecule has 0 bridgehead atoms. The summed E-state index contributed by atoms with van der Waals surface area (Å²) in [6, 6.07) is 10.1. The number of nitrogens with zero attached hydrogens (tertiary/aromatic N) is 1. The number of sulfonamides is 1. The molecule has 44 heavy (non-hydrogen) atoms. The highest BCUT2D eigenvalue weighted by Gasteiger charge is 2.26. The monoisotopic (exact) mass is 672 g/mol. The lowest BCUT2D eigenvalue weighted by molar-refractivity contribution is -0.0515. The van der Waals surface area contributed by atoms with E-state index >= 15 is 0 Å². The molecule has 0 heterocycles. The number of hydrogen-bond donors (Lipinski definition) is 1. The number of alkyl halides is 2. The van der Waals surface area contributed by atoms with Gasteiger partial charge in [0.25, 0.3) is 0 Å². The van der Waals surface area contributed by atoms with Crippen LogP contribution >= 0.6 is 23.2 Å². The first-order valence-electron chi connectivity index (χ1n) is 13.8. The Hall–Kier alpha value is -3.12. The molecular formula is C31H36Cl2F2N2O6S. The predicted molar refractivity (Wildman–Crippen MR) is 169 cm³/mol. The number of halogens is 4. The van der Waals surface area contributed by atoms with Crippen LogP contribution in [0.3, 0.4) is 0 Å². The van der Waals surface area contributed by atoms with Gasteiger partial charge >= 0.3 is 12.6 Å². The fourth-order valence-corrected chi connectivity index (χ4v) is 5.56. The van der Waals surface area contributed by atoms with E-state index in [4.69, 9.17) is 32.7 Å². The minimum Gasteiger partial charge on any atom is -0.489 e. The van der Waals surface area contributed by atoms with Crippen LogP contribution in [0, 0.1) is 5.92 Å². The zero-order chi connectivity index (χ0) is 32.4. The first-order valence-corrected chi connectivity index (χ1v) is 16.2. The van der Waals surface area contributed by atoms with Gasteiger partial charge in [-0.3, -0.25) is 4.72 Å². The van der Waals surface area contributed by atoms with E-state index in [0.717, 1.165) is 12.8 Å². The Kier molecular flexibility index (Phi) is 13.1. The van der Waals surface area contributed by atoms with E-state index in [1.54, 1.807) is 32.0 Å². The first kappa shape index (κ1) is 35.4. The summed E-state index contributed by atoms with van der Waals surface area (Å²) < 4.78 is 69.8. The van der Waals surface area contributed by atoms with Crippen LogP contribution in [-0.2, 0) is 14.8 Å². The van der Waals surface area contributed by atoms with E-state index in [2.05, 4.69) is 16.0 Å². The third-order valence-corrected chi connectivity index (χ3v) is 8.67. The van der Waals surface area contributed by atoms with Gasteiger partial charge in [0, 0.05) is 28.7 Å². The number of nitrogens with one attached hydrogen (secondary N) is 1. The van der Waals surface area contributed by atoms with Crippen LogP contribution in [0.4, 0.5) is 14.5 Å². The molecule has 2 aromatic rings. The minimum absolute atomic E-state index is 0.0145. The average Bonchev–Trinajstić information content (AvgIpc) is 3.81. The van der Waals surface area contributed by atoms with Crippen LogP contribution in [0.5, 0.6) is 11.5 Å². The van der Waals surface area contributed by atoms with Gasteiger partial charge < -0.3 is 19.1 Å². The molecular weight excluding hydrogens is 637 g/mol. The molecule has 8 nitrogen and oxygen atoms in total. The molecule has 1 atom stereocenters. The van der Waals surface area contributed by atoms with Crippen molar-refractivity contribution in [1.29, 1.82) is 0 Å². The summed E-state index contributed by atoms with van der Waals surface area (Å²) in [4.78, 5) is 15.1. The van der Waals surface area contributed by atoms with Crippen molar-refractivity contribution >= 4 is 44.9 Å². The molecule has 1 N–H and O–H groups in total. The highest BCUT2D eigenvalue weighted by atomic mass is 35.5. The lowest BCUT2D eigenvalue weighted by Gasteiger charge is -2.22. The highest BCUT2D eigenvalue weighted by molar-refractivity contribution is 7.92. The Morgan fingerprint density at radius 1 is 1.14 bits per heavy atom. The highest BCUT2D eigenvalue weighted by Crippen LogP contribution is 2.39. The van der Waals surface area contributed by atoms with Crippen molar-refractivity contribution < 1.29 is 36.2 Å². The number of carbonyl (C=O) groups excluding carboxylic acids is 1. The van der Waals surface area contributed by atoms with Gasteiger partial charge in [-0.1, -0.05) is 48.0 Å². The van der Waals surface area contributed by atoms with Gasteiger partial charge in [-0.15, -0.1) is 0 Å². The molecule has 0 radical (unpaired) electrons. The first-order chi connectivity index (χ1) is 20.8. The zero-order valence-corrected chi connectivity index (χ0v) is 27.0. The second-order valence-electron chi connectivity index (χ2n) is 10.4. The Labute approximate surface area is 267 Å². The third-order valence-electron chi connectivity index (χ3n) is 6.58. The normalized spacial score (nSPS) is 15.1. The predicted octanol–water partition coefficient (Wildman–Crippen LogP) is 7.49. The van der Waals surface area contributed by atoms with Crippen molar-refractivity contribution in [3.05, 3.63) is 88.0 Å². The molecule has 1 fully saturated rings. The number of carbonyl (C=O) groups is 1. The van der Waals surface area contributed by atoms with Gasteiger partial charge in [0.05, 0.1) is 17.9 Å². The quantitative estimate of drug-likeness (QED) is 0.137. The van der Waals surface area contributed by atoms with Crippen molar-refractivity contribution in [2.75, 3.05) is 37.7 Å². The van der Waals surface area contributed by atoms with Crippen molar-refractivity contribution in [3.63, 3.8) is 0 Å². The molecule has 13 heteroatoms. The van der Waals surface area contributed by atoms with Gasteiger partial charge in [0.1, 0.15) is 6.10 Å². The molecule has 0 amide bonds. The van der Waals surface area contributed by atoms with E-state index in [0.29, 0.717) is 35.2 Å². The van der Waals surface area contributed by atoms with Crippen molar-refractivity contribution in [2.45, 2.75) is 38.9 Å². The van der Waals surface area contributed by atoms with E-state index < -0.39 is 28.7 Å². The summed E-state index contributed by atoms with van der Waals surface area (Å²) >= 11 is 12.9. The largest absolute Gasteiger partial charge is 0.489 e. The Balaban J connectivity index is 1.92. The van der Waals surface area contributed by atoms with Gasteiger partial charge in [-0.05, 0) is 87.3 Å². The summed E-state index contributed by atoms with van der Waals surface area (Å²) in [6.45, 7) is 3.02. The van der Waals surface area contributed by atoms with Crippen molar-refractivity contribution in [2.24, 2.45) is 5.92 Å². The molecule has 0 unspecified atom stereocenters. The summed E-state index contributed by atoms with van der Waals surface area (Å²) in [7, 11) is -0.0525. The number of anilines is 1. The van der Waals surface area contributed by atoms with E-state index in [-0.39, 0.29) is 40.0 Å². The smallest absolute Gasteiger partial charge is 0.387 e. The molecule has 1 saturated carbocycles. The van der Waals surface area contributed by atoms with E-state index in [9.17, 15) is 22.0 Å². The maximum atomic E-state index is 13.3. The van der Waals surface area contributed by atoms with Crippen LogP contribution in [0.25, 0.3) is 0 Å². The lowest BCUT2D eigenvalue weighted by atomic mass is 9.99. The molecule has 0 aliphatic heterocycles. The van der Waals surface area contributed by atoms with E-state index in [1.165, 1.54) is 48.5 Å². The molecule has 1 aliphatic carbocycles. The van der Waals surface area contributed by atoms with Gasteiger partial charge in [0.15, 0.2) is 11.5 Å².